The van der Waals surface area contributed by atoms with E-state index in [2.05, 4.69) is 29.4 Å². The van der Waals surface area contributed by atoms with Crippen molar-refractivity contribution in [2.75, 3.05) is 31.2 Å². The first-order valence-corrected chi connectivity index (χ1v) is 13.8. The molecule has 0 unspecified atom stereocenters. The number of aromatic carboxylic acids is 1. The lowest BCUT2D eigenvalue weighted by molar-refractivity contribution is 0.0685. The van der Waals surface area contributed by atoms with Crippen LogP contribution in [0.4, 0.5) is 5.82 Å². The molecule has 0 radical (unpaired) electrons. The van der Waals surface area contributed by atoms with Gasteiger partial charge in [-0.2, -0.15) is 5.26 Å². The molecule has 0 atom stereocenters. The smallest absolute Gasteiger partial charge is 0.345 e. The lowest BCUT2D eigenvalue weighted by Gasteiger charge is -2.20. The first-order chi connectivity index (χ1) is 18.5. The van der Waals surface area contributed by atoms with Crippen LogP contribution in [0.15, 0.2) is 18.2 Å². The summed E-state index contributed by atoms with van der Waals surface area (Å²) in [6.45, 7) is 8.77. The van der Waals surface area contributed by atoms with Crippen molar-refractivity contribution in [2.45, 2.75) is 65.7 Å². The number of hydrogen-bond acceptors (Lipinski definition) is 6. The van der Waals surface area contributed by atoms with Gasteiger partial charge in [0.2, 0.25) is 5.88 Å². The predicted octanol–water partition coefficient (Wildman–Crippen LogP) is 6.33. The highest BCUT2D eigenvalue weighted by Gasteiger charge is 2.28. The number of carboxylic acids is 1. The van der Waals surface area contributed by atoms with Crippen LogP contribution in [0.5, 0.6) is 11.6 Å². The number of benzene rings is 1. The first-order valence-electron chi connectivity index (χ1n) is 13.8. The minimum Gasteiger partial charge on any atom is -0.492 e. The van der Waals surface area contributed by atoms with Crippen molar-refractivity contribution in [3.63, 3.8) is 0 Å². The molecule has 0 saturated carbocycles. The Bertz CT molecular complexity index is 1350. The molecule has 1 aliphatic rings. The first kappa shape index (κ1) is 27.3. The predicted molar refractivity (Wildman–Crippen MR) is 149 cm³/mol. The van der Waals surface area contributed by atoms with Crippen molar-refractivity contribution >= 4 is 22.7 Å². The summed E-state index contributed by atoms with van der Waals surface area (Å²) in [6.07, 6.45) is 6.24. The second kappa shape index (κ2) is 12.2. The van der Waals surface area contributed by atoms with Gasteiger partial charge >= 0.3 is 5.97 Å². The average molecular weight is 519 g/mol. The van der Waals surface area contributed by atoms with Crippen molar-refractivity contribution < 1.29 is 19.4 Å². The van der Waals surface area contributed by atoms with Crippen LogP contribution in [0.3, 0.4) is 0 Å². The number of carbonyl (C=O) groups is 1. The highest BCUT2D eigenvalue weighted by molar-refractivity contribution is 5.98. The average Bonchev–Trinajstić information content (AvgIpc) is 3.54. The van der Waals surface area contributed by atoms with E-state index in [4.69, 9.17) is 14.5 Å². The van der Waals surface area contributed by atoms with Crippen LogP contribution in [-0.4, -0.2) is 46.9 Å². The highest BCUT2D eigenvalue weighted by Crippen LogP contribution is 2.41. The molecule has 3 aromatic rings. The fraction of sp³-hybridized carbons (Fsp3) is 0.500. The molecule has 0 amide bonds. The number of carboxylic acid groups (broad SMARTS) is 1. The SMILES string of the molecule is CCCCOc1nc(-c2ccc3c(c2)c(C#N)c(N2CCCC2)n3C)c(CC)c(OCCCC)c1C(=O)O. The molecule has 1 N–H and O–H groups in total. The number of pyridine rings is 1. The largest absolute Gasteiger partial charge is 0.492 e. The maximum absolute atomic E-state index is 12.4. The van der Waals surface area contributed by atoms with E-state index in [1.807, 2.05) is 32.2 Å². The number of unbranched alkanes of at least 4 members (excludes halogenated alkanes) is 2. The number of anilines is 1. The van der Waals surface area contributed by atoms with Crippen LogP contribution < -0.4 is 14.4 Å². The molecular weight excluding hydrogens is 480 g/mol. The van der Waals surface area contributed by atoms with E-state index in [1.165, 1.54) is 0 Å². The zero-order valence-corrected chi connectivity index (χ0v) is 23.0. The zero-order valence-electron chi connectivity index (χ0n) is 23.0. The van der Waals surface area contributed by atoms with Crippen molar-refractivity contribution in [1.82, 2.24) is 9.55 Å². The van der Waals surface area contributed by atoms with E-state index in [0.29, 0.717) is 36.6 Å². The van der Waals surface area contributed by atoms with Crippen LogP contribution in [0, 0.1) is 11.3 Å². The van der Waals surface area contributed by atoms with Gasteiger partial charge in [-0.1, -0.05) is 39.7 Å². The molecule has 38 heavy (non-hydrogen) atoms. The van der Waals surface area contributed by atoms with E-state index >= 15 is 0 Å². The molecule has 2 aromatic heterocycles. The van der Waals surface area contributed by atoms with E-state index < -0.39 is 5.97 Å². The third-order valence-electron chi connectivity index (χ3n) is 7.22. The van der Waals surface area contributed by atoms with Crippen LogP contribution in [0.2, 0.25) is 0 Å². The van der Waals surface area contributed by atoms with Crippen molar-refractivity contribution in [3.8, 4) is 29.0 Å². The summed E-state index contributed by atoms with van der Waals surface area (Å²) in [7, 11) is 2.01. The summed E-state index contributed by atoms with van der Waals surface area (Å²) in [5.41, 5.74) is 3.79. The summed E-state index contributed by atoms with van der Waals surface area (Å²) in [5.74, 6) is 0.249. The molecule has 1 saturated heterocycles. The Morgan fingerprint density at radius 1 is 1.11 bits per heavy atom. The fourth-order valence-electron chi connectivity index (χ4n) is 5.22. The maximum atomic E-state index is 12.4. The highest BCUT2D eigenvalue weighted by atomic mass is 16.5. The van der Waals surface area contributed by atoms with E-state index in [-0.39, 0.29) is 11.4 Å². The second-order valence-corrected chi connectivity index (χ2v) is 9.81. The Morgan fingerprint density at radius 3 is 2.39 bits per heavy atom. The number of ether oxygens (including phenoxy) is 2. The lowest BCUT2D eigenvalue weighted by atomic mass is 9.98. The molecule has 8 heteroatoms. The van der Waals surface area contributed by atoms with Crippen LogP contribution >= 0.6 is 0 Å². The van der Waals surface area contributed by atoms with E-state index in [0.717, 1.165) is 79.5 Å². The van der Waals surface area contributed by atoms with Crippen LogP contribution in [0.1, 0.15) is 80.8 Å². The van der Waals surface area contributed by atoms with E-state index in [1.54, 1.807) is 0 Å². The zero-order chi connectivity index (χ0) is 27.2. The standard InChI is InChI=1S/C30H38N4O4/c1-5-8-16-37-27-21(7-3)26(32-28(25(27)30(35)36)38-17-9-6-2)20-12-13-24-22(18-20)23(19-31)29(33(24)4)34-14-10-11-15-34/h12-13,18H,5-11,14-17H2,1-4H3,(H,35,36). The van der Waals surface area contributed by atoms with Gasteiger partial charge in [0.25, 0.3) is 0 Å². The molecular formula is C30H38N4O4. The minimum atomic E-state index is -1.11. The van der Waals surface area contributed by atoms with Crippen LogP contribution in [-0.2, 0) is 13.5 Å². The molecule has 3 heterocycles. The van der Waals surface area contributed by atoms with Gasteiger partial charge in [-0.3, -0.25) is 0 Å². The Hall–Kier alpha value is -3.73. The van der Waals surface area contributed by atoms with Crippen molar-refractivity contribution in [2.24, 2.45) is 7.05 Å². The van der Waals surface area contributed by atoms with Gasteiger partial charge in [-0.25, -0.2) is 9.78 Å². The number of hydrogen-bond donors (Lipinski definition) is 1. The Morgan fingerprint density at radius 2 is 1.79 bits per heavy atom. The quantitative estimate of drug-likeness (QED) is 0.280. The summed E-state index contributed by atoms with van der Waals surface area (Å²) < 4.78 is 14.2. The molecule has 8 nitrogen and oxygen atoms in total. The summed E-state index contributed by atoms with van der Waals surface area (Å²) in [5, 5.41) is 21.2. The maximum Gasteiger partial charge on any atom is 0.345 e. The molecule has 4 rings (SSSR count). The van der Waals surface area contributed by atoms with Gasteiger partial charge < -0.3 is 24.0 Å². The Balaban J connectivity index is 1.92. The van der Waals surface area contributed by atoms with E-state index in [9.17, 15) is 15.2 Å². The summed E-state index contributed by atoms with van der Waals surface area (Å²) >= 11 is 0. The monoisotopic (exact) mass is 518 g/mol. The van der Waals surface area contributed by atoms with Gasteiger partial charge in [0.05, 0.1) is 24.4 Å². The summed E-state index contributed by atoms with van der Waals surface area (Å²) in [6, 6.07) is 8.46. The second-order valence-electron chi connectivity index (χ2n) is 9.81. The fourth-order valence-corrected chi connectivity index (χ4v) is 5.22. The number of aryl methyl sites for hydroxylation is 1. The number of fused-ring (bicyclic) bond motifs is 1. The normalized spacial score (nSPS) is 13.2. The van der Waals surface area contributed by atoms with Gasteiger partial charge in [0.15, 0.2) is 5.56 Å². The van der Waals surface area contributed by atoms with Crippen LogP contribution in [0.25, 0.3) is 22.2 Å². The van der Waals surface area contributed by atoms with Gasteiger partial charge in [-0.05, 0) is 44.2 Å². The number of rotatable bonds is 12. The number of nitrogens with zero attached hydrogens (tertiary/aromatic N) is 4. The lowest BCUT2D eigenvalue weighted by Crippen LogP contribution is -2.21. The van der Waals surface area contributed by atoms with Gasteiger partial charge in [-0.15, -0.1) is 0 Å². The topological polar surface area (TPSA) is 101 Å². The Kier molecular flexibility index (Phi) is 8.77. The Labute approximate surface area is 224 Å². The number of nitriles is 1. The van der Waals surface area contributed by atoms with Gasteiger partial charge in [0, 0.05) is 36.7 Å². The molecule has 0 spiro atoms. The van der Waals surface area contributed by atoms with Crippen molar-refractivity contribution in [3.05, 3.63) is 34.9 Å². The van der Waals surface area contributed by atoms with Crippen molar-refractivity contribution in [1.29, 1.82) is 5.26 Å². The molecule has 1 aromatic carbocycles. The molecule has 0 bridgehead atoms. The third kappa shape index (κ3) is 5.15. The minimum absolute atomic E-state index is 0.0207. The molecule has 1 aliphatic heterocycles. The summed E-state index contributed by atoms with van der Waals surface area (Å²) in [4.78, 5) is 19.5. The molecule has 1 fully saturated rings. The third-order valence-corrected chi connectivity index (χ3v) is 7.22. The molecule has 202 valence electrons. The number of aromatic nitrogens is 2. The van der Waals surface area contributed by atoms with Gasteiger partial charge in [0.1, 0.15) is 23.2 Å². The molecule has 0 aliphatic carbocycles.